The zero-order valence-electron chi connectivity index (χ0n) is 13.6. The number of hydrogen-bond donors (Lipinski definition) is 2. The lowest BCUT2D eigenvalue weighted by Crippen LogP contribution is -1.87. The third-order valence-corrected chi connectivity index (χ3v) is 3.00. The molecule has 122 valence electrons. The van der Waals surface area contributed by atoms with Crippen LogP contribution in [0.15, 0.2) is 42.5 Å². The SMILES string of the molecule is C/C=C/C=C(/CCCCC)c1ccc(OC)cc1.O=C(O)O. The molecule has 0 amide bonds. The molecule has 0 fully saturated rings. The molecule has 0 aromatic heterocycles. The van der Waals surface area contributed by atoms with Crippen LogP contribution >= 0.6 is 0 Å². The van der Waals surface area contributed by atoms with Gasteiger partial charge in [-0.1, -0.05) is 50.1 Å². The van der Waals surface area contributed by atoms with Crippen molar-refractivity contribution in [1.82, 2.24) is 0 Å². The molecule has 0 spiro atoms. The Kier molecular flexibility index (Phi) is 11.2. The summed E-state index contributed by atoms with van der Waals surface area (Å²) >= 11 is 0. The van der Waals surface area contributed by atoms with E-state index < -0.39 is 6.16 Å². The van der Waals surface area contributed by atoms with Gasteiger partial charge in [-0.3, -0.25) is 0 Å². The molecule has 0 aliphatic carbocycles. The molecular formula is C18H26O4. The van der Waals surface area contributed by atoms with Crippen LogP contribution in [-0.4, -0.2) is 23.5 Å². The summed E-state index contributed by atoms with van der Waals surface area (Å²) in [5.74, 6) is 0.915. The van der Waals surface area contributed by atoms with Crippen LogP contribution in [0.3, 0.4) is 0 Å². The number of ether oxygens (including phenoxy) is 1. The van der Waals surface area contributed by atoms with E-state index in [1.54, 1.807) is 7.11 Å². The van der Waals surface area contributed by atoms with Crippen LogP contribution < -0.4 is 4.74 Å². The second kappa shape index (κ2) is 12.5. The van der Waals surface area contributed by atoms with E-state index >= 15 is 0 Å². The Morgan fingerprint density at radius 2 is 1.77 bits per heavy atom. The molecule has 0 atom stereocenters. The zero-order valence-corrected chi connectivity index (χ0v) is 13.6. The second-order valence-electron chi connectivity index (χ2n) is 4.69. The highest BCUT2D eigenvalue weighted by Gasteiger charge is 2.01. The summed E-state index contributed by atoms with van der Waals surface area (Å²) < 4.78 is 5.20. The van der Waals surface area contributed by atoms with Gasteiger partial charge in [0.05, 0.1) is 7.11 Å². The molecule has 1 rings (SSSR count). The summed E-state index contributed by atoms with van der Waals surface area (Å²) in [7, 11) is 1.70. The molecule has 0 aliphatic heterocycles. The van der Waals surface area contributed by atoms with Gasteiger partial charge < -0.3 is 14.9 Å². The first kappa shape index (κ1) is 19.8. The molecule has 4 nitrogen and oxygen atoms in total. The highest BCUT2D eigenvalue weighted by Crippen LogP contribution is 2.23. The smallest absolute Gasteiger partial charge is 0.497 e. The van der Waals surface area contributed by atoms with Gasteiger partial charge in [-0.25, -0.2) is 4.79 Å². The average Bonchev–Trinajstić information content (AvgIpc) is 2.50. The van der Waals surface area contributed by atoms with Gasteiger partial charge in [-0.05, 0) is 43.0 Å². The second-order valence-corrected chi connectivity index (χ2v) is 4.69. The molecule has 0 saturated heterocycles. The summed E-state index contributed by atoms with van der Waals surface area (Å²) in [5.41, 5.74) is 2.70. The zero-order chi connectivity index (χ0) is 16.8. The number of carbonyl (C=O) groups is 1. The van der Waals surface area contributed by atoms with Crippen molar-refractivity contribution in [1.29, 1.82) is 0 Å². The maximum atomic E-state index is 8.56. The van der Waals surface area contributed by atoms with E-state index in [4.69, 9.17) is 19.7 Å². The van der Waals surface area contributed by atoms with Gasteiger partial charge in [0, 0.05) is 0 Å². The van der Waals surface area contributed by atoms with Crippen molar-refractivity contribution in [3.05, 3.63) is 48.1 Å². The predicted octanol–water partition coefficient (Wildman–Crippen LogP) is 5.46. The van der Waals surface area contributed by atoms with Crippen LogP contribution in [0.4, 0.5) is 4.79 Å². The number of allylic oxidation sites excluding steroid dienone is 4. The van der Waals surface area contributed by atoms with Crippen molar-refractivity contribution in [2.75, 3.05) is 7.11 Å². The van der Waals surface area contributed by atoms with Crippen LogP contribution in [0, 0.1) is 0 Å². The van der Waals surface area contributed by atoms with Crippen molar-refractivity contribution in [2.24, 2.45) is 0 Å². The summed E-state index contributed by atoms with van der Waals surface area (Å²) in [5, 5.41) is 13.9. The first-order chi connectivity index (χ1) is 10.5. The molecule has 0 saturated carbocycles. The van der Waals surface area contributed by atoms with E-state index in [9.17, 15) is 0 Å². The molecule has 0 aliphatic rings. The third kappa shape index (κ3) is 9.64. The fourth-order valence-electron chi connectivity index (χ4n) is 1.91. The number of methoxy groups -OCH3 is 1. The fourth-order valence-corrected chi connectivity index (χ4v) is 1.91. The maximum absolute atomic E-state index is 8.56. The van der Waals surface area contributed by atoms with Crippen LogP contribution in [0.5, 0.6) is 5.75 Å². The summed E-state index contributed by atoms with van der Waals surface area (Å²) in [4.78, 5) is 8.56. The molecule has 1 aromatic carbocycles. The van der Waals surface area contributed by atoms with Crippen LogP contribution in [0.25, 0.3) is 5.57 Å². The lowest BCUT2D eigenvalue weighted by Gasteiger charge is -2.08. The van der Waals surface area contributed by atoms with Crippen molar-refractivity contribution in [2.45, 2.75) is 39.5 Å². The monoisotopic (exact) mass is 306 g/mol. The van der Waals surface area contributed by atoms with Crippen molar-refractivity contribution in [3.8, 4) is 5.75 Å². The Balaban J connectivity index is 0.000000980. The lowest BCUT2D eigenvalue weighted by molar-refractivity contribution is 0.137. The van der Waals surface area contributed by atoms with Crippen molar-refractivity contribution < 1.29 is 19.7 Å². The normalized spacial score (nSPS) is 11.0. The van der Waals surface area contributed by atoms with Crippen molar-refractivity contribution in [3.63, 3.8) is 0 Å². The van der Waals surface area contributed by atoms with Gasteiger partial charge in [0.15, 0.2) is 0 Å². The van der Waals surface area contributed by atoms with Crippen LogP contribution in [-0.2, 0) is 0 Å². The average molecular weight is 306 g/mol. The first-order valence-corrected chi connectivity index (χ1v) is 7.43. The van der Waals surface area contributed by atoms with Gasteiger partial charge in [0.1, 0.15) is 5.75 Å². The lowest BCUT2D eigenvalue weighted by atomic mass is 9.99. The van der Waals surface area contributed by atoms with Crippen LogP contribution in [0.2, 0.25) is 0 Å². The van der Waals surface area contributed by atoms with E-state index in [1.165, 1.54) is 30.4 Å². The molecule has 1 aromatic rings. The van der Waals surface area contributed by atoms with E-state index in [1.807, 2.05) is 19.1 Å². The minimum Gasteiger partial charge on any atom is -0.497 e. The third-order valence-electron chi connectivity index (χ3n) is 3.00. The Bertz CT molecular complexity index is 468. The minimum absolute atomic E-state index is 0.915. The van der Waals surface area contributed by atoms with Gasteiger partial charge in [0.2, 0.25) is 0 Å². The van der Waals surface area contributed by atoms with E-state index in [2.05, 4.69) is 37.3 Å². The predicted molar refractivity (Wildman–Crippen MR) is 90.6 cm³/mol. The minimum atomic E-state index is -1.83. The topological polar surface area (TPSA) is 66.8 Å². The van der Waals surface area contributed by atoms with Gasteiger partial charge in [-0.2, -0.15) is 0 Å². The number of unbranched alkanes of at least 4 members (excludes halogenated alkanes) is 2. The fraction of sp³-hybridized carbons (Fsp3) is 0.389. The van der Waals surface area contributed by atoms with E-state index in [-0.39, 0.29) is 0 Å². The van der Waals surface area contributed by atoms with Gasteiger partial charge in [-0.15, -0.1) is 0 Å². The Morgan fingerprint density at radius 1 is 1.18 bits per heavy atom. The highest BCUT2D eigenvalue weighted by atomic mass is 16.6. The Morgan fingerprint density at radius 3 is 2.23 bits per heavy atom. The maximum Gasteiger partial charge on any atom is 0.503 e. The quantitative estimate of drug-likeness (QED) is 0.518. The van der Waals surface area contributed by atoms with Crippen LogP contribution in [0.1, 0.15) is 45.1 Å². The molecule has 0 heterocycles. The molecule has 0 bridgehead atoms. The number of benzene rings is 1. The molecule has 4 heteroatoms. The number of carboxylic acid groups (broad SMARTS) is 2. The van der Waals surface area contributed by atoms with Gasteiger partial charge >= 0.3 is 6.16 Å². The largest absolute Gasteiger partial charge is 0.503 e. The molecule has 0 unspecified atom stereocenters. The summed E-state index contributed by atoms with van der Waals surface area (Å²) in [6.45, 7) is 4.29. The van der Waals surface area contributed by atoms with Gasteiger partial charge in [0.25, 0.3) is 0 Å². The molecule has 2 N–H and O–H groups in total. The first-order valence-electron chi connectivity index (χ1n) is 7.43. The summed E-state index contributed by atoms with van der Waals surface area (Å²) in [6, 6.07) is 8.33. The van der Waals surface area contributed by atoms with E-state index in [0.717, 1.165) is 12.2 Å². The molecular weight excluding hydrogens is 280 g/mol. The highest BCUT2D eigenvalue weighted by molar-refractivity contribution is 5.67. The Labute approximate surface area is 132 Å². The Hall–Kier alpha value is -2.23. The number of hydrogen-bond acceptors (Lipinski definition) is 2. The standard InChI is InChI=1S/C17H24O.CH2O3/c1-4-6-8-10-15(9-7-5-2)16-11-13-17(18-3)14-12-16;2-1(3)4/h5,7,9,11-14H,4,6,8,10H2,1-3H3;(H2,2,3,4)/b7-5+,15-9-;. The molecule has 0 radical (unpaired) electrons. The summed E-state index contributed by atoms with van der Waals surface area (Å²) in [6.07, 6.45) is 9.53. The molecule has 22 heavy (non-hydrogen) atoms. The number of rotatable bonds is 7. The van der Waals surface area contributed by atoms with E-state index in [0.29, 0.717) is 0 Å². The van der Waals surface area contributed by atoms with Crippen molar-refractivity contribution >= 4 is 11.7 Å².